The lowest BCUT2D eigenvalue weighted by atomic mass is 10.2. The Labute approximate surface area is 84.5 Å². The molecule has 0 unspecified atom stereocenters. The molecule has 1 rings (SSSR count). The highest BCUT2D eigenvalue weighted by Gasteiger charge is 2.25. The number of ether oxygens (including phenoxy) is 1. The fraction of sp³-hybridized carbons (Fsp3) is 0.889. The van der Waals surface area contributed by atoms with E-state index >= 15 is 0 Å². The standard InChI is InChI=1S/C9H18N2OS/c1-5-13-9-10-7(2)6-8(12-4)11(9)3/h7-8H,5-6H2,1-4H3/t7-,8-/m0/s1. The van der Waals surface area contributed by atoms with Crippen LogP contribution in [0.3, 0.4) is 0 Å². The normalized spacial score (nSPS) is 28.9. The Morgan fingerprint density at radius 3 is 2.92 bits per heavy atom. The number of methoxy groups -OCH3 is 1. The van der Waals surface area contributed by atoms with Crippen LogP contribution in [0.15, 0.2) is 4.99 Å². The third-order valence-electron chi connectivity index (χ3n) is 2.15. The third kappa shape index (κ3) is 2.61. The minimum absolute atomic E-state index is 0.196. The van der Waals surface area contributed by atoms with Crippen LogP contribution in [0.4, 0.5) is 0 Å². The van der Waals surface area contributed by atoms with Gasteiger partial charge in [-0.3, -0.25) is 4.99 Å². The third-order valence-corrected chi connectivity index (χ3v) is 3.09. The lowest BCUT2D eigenvalue weighted by Gasteiger charge is -2.34. The average molecular weight is 202 g/mol. The van der Waals surface area contributed by atoms with E-state index in [2.05, 4.69) is 23.7 Å². The SMILES string of the molecule is CCSC1=N[C@@H](C)C[C@H](OC)N1C. The molecule has 0 saturated carbocycles. The minimum atomic E-state index is 0.196. The minimum Gasteiger partial charge on any atom is -0.361 e. The average Bonchev–Trinajstić information content (AvgIpc) is 2.11. The van der Waals surface area contributed by atoms with Crippen molar-refractivity contribution in [2.24, 2.45) is 4.99 Å². The fourth-order valence-corrected chi connectivity index (χ4v) is 2.26. The molecule has 0 aromatic heterocycles. The first-order chi connectivity index (χ1) is 6.19. The van der Waals surface area contributed by atoms with Crippen molar-refractivity contribution in [1.82, 2.24) is 4.90 Å². The van der Waals surface area contributed by atoms with E-state index in [9.17, 15) is 0 Å². The van der Waals surface area contributed by atoms with Gasteiger partial charge in [0.15, 0.2) is 5.17 Å². The number of amidine groups is 1. The molecular formula is C9H18N2OS. The Morgan fingerprint density at radius 2 is 2.38 bits per heavy atom. The van der Waals surface area contributed by atoms with Gasteiger partial charge in [-0.1, -0.05) is 18.7 Å². The van der Waals surface area contributed by atoms with E-state index in [0.717, 1.165) is 17.3 Å². The van der Waals surface area contributed by atoms with Gasteiger partial charge in [-0.05, 0) is 12.7 Å². The van der Waals surface area contributed by atoms with Gasteiger partial charge in [0.25, 0.3) is 0 Å². The van der Waals surface area contributed by atoms with Gasteiger partial charge in [0.1, 0.15) is 6.23 Å². The van der Waals surface area contributed by atoms with Crippen molar-refractivity contribution in [2.45, 2.75) is 32.5 Å². The molecule has 4 heteroatoms. The van der Waals surface area contributed by atoms with Crippen LogP contribution < -0.4 is 0 Å². The van der Waals surface area contributed by atoms with Crippen LogP contribution in [0, 0.1) is 0 Å². The molecule has 1 aliphatic rings. The van der Waals surface area contributed by atoms with Gasteiger partial charge in [0.2, 0.25) is 0 Å². The topological polar surface area (TPSA) is 24.8 Å². The molecule has 0 aromatic carbocycles. The first-order valence-electron chi connectivity index (χ1n) is 4.65. The molecule has 1 heterocycles. The number of nitrogens with zero attached hydrogens (tertiary/aromatic N) is 2. The summed E-state index contributed by atoms with van der Waals surface area (Å²) in [5.41, 5.74) is 0. The van der Waals surface area contributed by atoms with Gasteiger partial charge >= 0.3 is 0 Å². The highest BCUT2D eigenvalue weighted by atomic mass is 32.2. The summed E-state index contributed by atoms with van der Waals surface area (Å²) < 4.78 is 5.38. The Bertz CT molecular complexity index is 196. The lowest BCUT2D eigenvalue weighted by Crippen LogP contribution is -2.42. The Morgan fingerprint density at radius 1 is 1.69 bits per heavy atom. The monoisotopic (exact) mass is 202 g/mol. The van der Waals surface area contributed by atoms with Crippen LogP contribution in [0.2, 0.25) is 0 Å². The first kappa shape index (κ1) is 10.9. The molecule has 0 bridgehead atoms. The maximum atomic E-state index is 5.38. The Kier molecular flexibility index (Phi) is 4.06. The molecule has 3 nitrogen and oxygen atoms in total. The summed E-state index contributed by atoms with van der Waals surface area (Å²) in [6, 6.07) is 0.384. The molecule has 0 aliphatic carbocycles. The van der Waals surface area contributed by atoms with Gasteiger partial charge in [0, 0.05) is 20.6 Å². The first-order valence-corrected chi connectivity index (χ1v) is 5.63. The van der Waals surface area contributed by atoms with Gasteiger partial charge in [0.05, 0.1) is 6.04 Å². The predicted octanol–water partition coefficient (Wildman–Crippen LogP) is 1.79. The van der Waals surface area contributed by atoms with Crippen molar-refractivity contribution in [1.29, 1.82) is 0 Å². The van der Waals surface area contributed by atoms with Crippen molar-refractivity contribution in [3.05, 3.63) is 0 Å². The predicted molar refractivity (Wildman–Crippen MR) is 58.2 cm³/mol. The summed E-state index contributed by atoms with van der Waals surface area (Å²) in [5.74, 6) is 1.06. The molecule has 1 aliphatic heterocycles. The summed E-state index contributed by atoms with van der Waals surface area (Å²) in [4.78, 5) is 6.70. The van der Waals surface area contributed by atoms with Gasteiger partial charge in [-0.15, -0.1) is 0 Å². The molecule has 0 radical (unpaired) electrons. The van der Waals surface area contributed by atoms with E-state index < -0.39 is 0 Å². The van der Waals surface area contributed by atoms with Crippen LogP contribution in [0.25, 0.3) is 0 Å². The van der Waals surface area contributed by atoms with Crippen molar-refractivity contribution in [2.75, 3.05) is 19.9 Å². The van der Waals surface area contributed by atoms with E-state index in [0.29, 0.717) is 6.04 Å². The van der Waals surface area contributed by atoms with Crippen molar-refractivity contribution in [3.8, 4) is 0 Å². The molecule has 0 spiro atoms. The second-order valence-corrected chi connectivity index (χ2v) is 4.46. The smallest absolute Gasteiger partial charge is 0.161 e. The number of aliphatic imine (C=N–C) groups is 1. The maximum Gasteiger partial charge on any atom is 0.161 e. The van der Waals surface area contributed by atoms with Crippen LogP contribution in [0.1, 0.15) is 20.3 Å². The molecule has 0 aromatic rings. The van der Waals surface area contributed by atoms with E-state index in [4.69, 9.17) is 4.74 Å². The van der Waals surface area contributed by atoms with Gasteiger partial charge in [-0.2, -0.15) is 0 Å². The Balaban J connectivity index is 2.68. The lowest BCUT2D eigenvalue weighted by molar-refractivity contribution is 0.00525. The van der Waals surface area contributed by atoms with Crippen LogP contribution in [0.5, 0.6) is 0 Å². The summed E-state index contributed by atoms with van der Waals surface area (Å²) in [6.45, 7) is 4.28. The zero-order valence-electron chi connectivity index (χ0n) is 8.78. The maximum absolute atomic E-state index is 5.38. The number of hydrogen-bond donors (Lipinski definition) is 0. The van der Waals surface area contributed by atoms with Crippen molar-refractivity contribution in [3.63, 3.8) is 0 Å². The highest BCUT2D eigenvalue weighted by molar-refractivity contribution is 8.13. The fourth-order valence-electron chi connectivity index (χ4n) is 1.43. The summed E-state index contributed by atoms with van der Waals surface area (Å²) in [5, 5.41) is 1.10. The van der Waals surface area contributed by atoms with E-state index in [1.807, 2.05) is 7.05 Å². The quantitative estimate of drug-likeness (QED) is 0.682. The molecule has 2 atom stereocenters. The van der Waals surface area contributed by atoms with Gasteiger partial charge in [-0.25, -0.2) is 0 Å². The zero-order valence-corrected chi connectivity index (χ0v) is 9.60. The second-order valence-electron chi connectivity index (χ2n) is 3.23. The molecule has 0 fully saturated rings. The molecule has 13 heavy (non-hydrogen) atoms. The largest absolute Gasteiger partial charge is 0.361 e. The van der Waals surface area contributed by atoms with Gasteiger partial charge < -0.3 is 9.64 Å². The van der Waals surface area contributed by atoms with E-state index in [1.54, 1.807) is 18.9 Å². The number of hydrogen-bond acceptors (Lipinski definition) is 4. The van der Waals surface area contributed by atoms with Crippen LogP contribution in [-0.4, -0.2) is 42.2 Å². The van der Waals surface area contributed by atoms with Crippen LogP contribution >= 0.6 is 11.8 Å². The molecular weight excluding hydrogens is 184 g/mol. The molecule has 0 saturated heterocycles. The molecule has 0 amide bonds. The molecule has 76 valence electrons. The summed E-state index contributed by atoms with van der Waals surface area (Å²) in [6.07, 6.45) is 1.18. The zero-order chi connectivity index (χ0) is 9.84. The second kappa shape index (κ2) is 4.86. The molecule has 0 N–H and O–H groups in total. The van der Waals surface area contributed by atoms with E-state index in [1.165, 1.54) is 0 Å². The Hall–Kier alpha value is -0.220. The van der Waals surface area contributed by atoms with Crippen molar-refractivity contribution >= 4 is 16.9 Å². The number of rotatable bonds is 2. The van der Waals surface area contributed by atoms with E-state index in [-0.39, 0.29) is 6.23 Å². The number of thioether (sulfide) groups is 1. The summed E-state index contributed by atoms with van der Waals surface area (Å²) in [7, 11) is 3.80. The highest BCUT2D eigenvalue weighted by Crippen LogP contribution is 2.21. The van der Waals surface area contributed by atoms with Crippen molar-refractivity contribution < 1.29 is 4.74 Å². The summed E-state index contributed by atoms with van der Waals surface area (Å²) >= 11 is 1.78. The van der Waals surface area contributed by atoms with Crippen LogP contribution in [-0.2, 0) is 4.74 Å².